The first-order valence-corrected chi connectivity index (χ1v) is 12.7. The van der Waals surface area contributed by atoms with Crippen molar-refractivity contribution >= 4 is 32.4 Å². The maximum Gasteiger partial charge on any atom is 0.263 e. The monoisotopic (exact) mass is 484 g/mol. The van der Waals surface area contributed by atoms with Crippen molar-refractivity contribution in [1.82, 2.24) is 15.3 Å². The molecule has 3 heterocycles. The summed E-state index contributed by atoms with van der Waals surface area (Å²) in [5.74, 6) is 1.17. The van der Waals surface area contributed by atoms with Crippen LogP contribution in [0.25, 0.3) is 10.8 Å². The highest BCUT2D eigenvalue weighted by atomic mass is 32.2. The number of pyridine rings is 2. The molecule has 0 spiro atoms. The summed E-state index contributed by atoms with van der Waals surface area (Å²) in [5, 5.41) is 4.16. The van der Waals surface area contributed by atoms with Gasteiger partial charge in [-0.25, -0.2) is 13.4 Å². The zero-order chi connectivity index (χ0) is 24.3. The average Bonchev–Trinajstić information content (AvgIpc) is 3.18. The number of carbonyl (C=O) groups excluding carboxylic acids is 1. The number of sulfonamides is 1. The van der Waals surface area contributed by atoms with Crippen molar-refractivity contribution in [1.29, 1.82) is 0 Å². The molecule has 2 atom stereocenters. The van der Waals surface area contributed by atoms with Crippen LogP contribution in [0.2, 0.25) is 0 Å². The first kappa shape index (κ1) is 23.7. The normalized spacial score (nSPS) is 18.2. The van der Waals surface area contributed by atoms with Crippen LogP contribution in [-0.2, 0) is 14.8 Å². The summed E-state index contributed by atoms with van der Waals surface area (Å²) in [6.45, 7) is 6.16. The maximum atomic E-state index is 12.9. The van der Waals surface area contributed by atoms with Gasteiger partial charge in [-0.2, -0.15) is 0 Å². The lowest BCUT2D eigenvalue weighted by Gasteiger charge is -2.19. The Morgan fingerprint density at radius 2 is 2.03 bits per heavy atom. The van der Waals surface area contributed by atoms with E-state index in [9.17, 15) is 13.2 Å². The fourth-order valence-corrected chi connectivity index (χ4v) is 5.02. The number of anilines is 1. The van der Waals surface area contributed by atoms with Crippen molar-refractivity contribution in [3.05, 3.63) is 48.9 Å². The second-order valence-electron chi connectivity index (χ2n) is 8.50. The highest BCUT2D eigenvalue weighted by molar-refractivity contribution is 7.92. The minimum Gasteiger partial charge on any atom is -0.491 e. The van der Waals surface area contributed by atoms with E-state index < -0.39 is 10.0 Å². The predicted octanol–water partition coefficient (Wildman–Crippen LogP) is 3.51. The number of amides is 1. The van der Waals surface area contributed by atoms with Crippen LogP contribution in [0, 0.1) is 5.92 Å². The Bertz CT molecular complexity index is 1280. The molecule has 1 aliphatic rings. The Hall–Kier alpha value is -3.40. The third kappa shape index (κ3) is 5.22. The molecular weight excluding hydrogens is 456 g/mol. The van der Waals surface area contributed by atoms with Crippen LogP contribution in [0.1, 0.15) is 33.6 Å². The van der Waals surface area contributed by atoms with Crippen molar-refractivity contribution in [3.63, 3.8) is 0 Å². The molecule has 0 unspecified atom stereocenters. The smallest absolute Gasteiger partial charge is 0.263 e. The van der Waals surface area contributed by atoms with E-state index in [4.69, 9.17) is 9.47 Å². The minimum atomic E-state index is -3.86. The summed E-state index contributed by atoms with van der Waals surface area (Å²) in [4.78, 5) is 20.2. The summed E-state index contributed by atoms with van der Waals surface area (Å²) >= 11 is 0. The van der Waals surface area contributed by atoms with Crippen LogP contribution < -0.4 is 19.5 Å². The van der Waals surface area contributed by atoms with Crippen molar-refractivity contribution < 1.29 is 22.7 Å². The van der Waals surface area contributed by atoms with Gasteiger partial charge in [0.05, 0.1) is 24.0 Å². The lowest BCUT2D eigenvalue weighted by atomic mass is 9.98. The van der Waals surface area contributed by atoms with Crippen LogP contribution in [0.3, 0.4) is 0 Å². The fraction of sp³-hybridized carbons (Fsp3) is 0.375. The zero-order valence-electron chi connectivity index (χ0n) is 19.3. The van der Waals surface area contributed by atoms with Gasteiger partial charge in [-0.3, -0.25) is 14.5 Å². The van der Waals surface area contributed by atoms with E-state index in [1.165, 1.54) is 24.7 Å². The minimum absolute atomic E-state index is 0.0195. The topological polar surface area (TPSA) is 120 Å². The van der Waals surface area contributed by atoms with E-state index in [-0.39, 0.29) is 35.5 Å². The van der Waals surface area contributed by atoms with Gasteiger partial charge in [-0.15, -0.1) is 0 Å². The first-order chi connectivity index (χ1) is 16.3. The molecule has 0 saturated carbocycles. The Balaban J connectivity index is 1.68. The molecule has 9 nitrogen and oxygen atoms in total. The first-order valence-electron chi connectivity index (χ1n) is 11.2. The van der Waals surface area contributed by atoms with E-state index >= 15 is 0 Å². The largest absolute Gasteiger partial charge is 0.491 e. The molecule has 2 N–H and O–H groups in total. The Kier molecular flexibility index (Phi) is 6.87. The molecule has 1 fully saturated rings. The number of aromatic nitrogens is 2. The predicted molar refractivity (Wildman–Crippen MR) is 128 cm³/mol. The molecule has 34 heavy (non-hydrogen) atoms. The highest BCUT2D eigenvalue weighted by Crippen LogP contribution is 2.34. The van der Waals surface area contributed by atoms with E-state index in [1.54, 1.807) is 24.3 Å². The molecular formula is C24H28N4O5S. The third-order valence-corrected chi connectivity index (χ3v) is 7.02. The number of benzene rings is 1. The van der Waals surface area contributed by atoms with Crippen LogP contribution in [0.4, 0.5) is 5.69 Å². The van der Waals surface area contributed by atoms with E-state index in [0.717, 1.165) is 6.42 Å². The van der Waals surface area contributed by atoms with Gasteiger partial charge in [0.1, 0.15) is 17.3 Å². The summed E-state index contributed by atoms with van der Waals surface area (Å²) < 4.78 is 40.2. The molecule has 1 aromatic carbocycles. The molecule has 1 amide bonds. The molecule has 180 valence electrons. The molecule has 3 aromatic rings. The number of fused-ring (bicyclic) bond motifs is 1. The SMILES string of the molecule is CC[C@@H]1CC(=O)N[C@@H]1COc1ncc(NS(=O)(=O)c2cccnc2)c2ccc(OC(C)C)cc12. The van der Waals surface area contributed by atoms with Crippen LogP contribution >= 0.6 is 0 Å². The summed E-state index contributed by atoms with van der Waals surface area (Å²) in [6.07, 6.45) is 5.53. The quantitative estimate of drug-likeness (QED) is 0.477. The van der Waals surface area contributed by atoms with Gasteiger partial charge >= 0.3 is 0 Å². The van der Waals surface area contributed by atoms with Crippen molar-refractivity contribution in [2.75, 3.05) is 11.3 Å². The Morgan fingerprint density at radius 3 is 2.74 bits per heavy atom. The summed E-state index contributed by atoms with van der Waals surface area (Å²) in [6, 6.07) is 8.25. The average molecular weight is 485 g/mol. The molecule has 1 saturated heterocycles. The number of carbonyl (C=O) groups is 1. The van der Waals surface area contributed by atoms with Crippen molar-refractivity contribution in [3.8, 4) is 11.6 Å². The molecule has 0 bridgehead atoms. The number of ether oxygens (including phenoxy) is 2. The zero-order valence-corrected chi connectivity index (χ0v) is 20.1. The van der Waals surface area contributed by atoms with Gasteiger partial charge < -0.3 is 14.8 Å². The van der Waals surface area contributed by atoms with Gasteiger partial charge in [0.15, 0.2) is 0 Å². The van der Waals surface area contributed by atoms with Crippen LogP contribution in [0.5, 0.6) is 11.6 Å². The van der Waals surface area contributed by atoms with Gasteiger partial charge in [0.2, 0.25) is 11.8 Å². The summed E-state index contributed by atoms with van der Waals surface area (Å²) in [5.41, 5.74) is 0.308. The summed E-state index contributed by atoms with van der Waals surface area (Å²) in [7, 11) is -3.86. The van der Waals surface area contributed by atoms with Gasteiger partial charge in [-0.1, -0.05) is 13.3 Å². The number of nitrogens with zero attached hydrogens (tertiary/aromatic N) is 2. The fourth-order valence-electron chi connectivity index (χ4n) is 3.99. The van der Waals surface area contributed by atoms with Crippen LogP contribution in [-0.4, -0.2) is 43.0 Å². The molecule has 1 aliphatic heterocycles. The van der Waals surface area contributed by atoms with E-state index in [0.29, 0.717) is 34.5 Å². The van der Waals surface area contributed by atoms with Crippen LogP contribution in [0.15, 0.2) is 53.8 Å². The number of hydrogen-bond donors (Lipinski definition) is 2. The van der Waals surface area contributed by atoms with E-state index in [1.807, 2.05) is 20.8 Å². The highest BCUT2D eigenvalue weighted by Gasteiger charge is 2.31. The standard InChI is InChI=1S/C24H28N4O5S/c1-4-16-10-23(29)27-22(16)14-32-24-20-11-17(33-15(2)3)7-8-19(20)21(13-26-24)28-34(30,31)18-6-5-9-25-12-18/h5-9,11-13,15-16,22,28H,4,10,14H2,1-3H3,(H,27,29)/t16-,22-/m1/s1. The van der Waals surface area contributed by atoms with Crippen molar-refractivity contribution in [2.24, 2.45) is 5.92 Å². The third-order valence-electron chi connectivity index (χ3n) is 5.67. The lowest BCUT2D eigenvalue weighted by molar-refractivity contribution is -0.119. The number of rotatable bonds is 9. The van der Waals surface area contributed by atoms with Crippen molar-refractivity contribution in [2.45, 2.75) is 50.7 Å². The Morgan fingerprint density at radius 1 is 1.21 bits per heavy atom. The van der Waals surface area contributed by atoms with Gasteiger partial charge in [0, 0.05) is 29.6 Å². The van der Waals surface area contributed by atoms with Gasteiger partial charge in [-0.05, 0) is 50.1 Å². The number of nitrogens with one attached hydrogen (secondary N) is 2. The Labute approximate surface area is 199 Å². The molecule has 0 radical (unpaired) electrons. The lowest BCUT2D eigenvalue weighted by Crippen LogP contribution is -2.34. The van der Waals surface area contributed by atoms with E-state index in [2.05, 4.69) is 20.0 Å². The molecule has 0 aliphatic carbocycles. The second kappa shape index (κ2) is 9.84. The maximum absolute atomic E-state index is 12.9. The second-order valence-corrected chi connectivity index (χ2v) is 10.2. The van der Waals surface area contributed by atoms with Gasteiger partial charge in [0.25, 0.3) is 10.0 Å². The molecule has 4 rings (SSSR count). The molecule has 10 heteroatoms. The molecule has 2 aromatic heterocycles. The number of hydrogen-bond acceptors (Lipinski definition) is 7.